The number of hydrogen-bond acceptors (Lipinski definition) is 4. The molecule has 4 rings (SSSR count). The average Bonchev–Trinajstić information content (AvgIpc) is 3.13. The Balaban J connectivity index is 1.69. The van der Waals surface area contributed by atoms with Gasteiger partial charge in [0.2, 0.25) is 0 Å². The molecular weight excluding hydrogens is 451 g/mol. The van der Waals surface area contributed by atoms with Crippen molar-refractivity contribution in [2.45, 2.75) is 26.9 Å². The van der Waals surface area contributed by atoms with E-state index in [1.54, 1.807) is 18.2 Å². The van der Waals surface area contributed by atoms with E-state index in [1.807, 2.05) is 30.3 Å². The summed E-state index contributed by atoms with van der Waals surface area (Å²) in [5.74, 6) is -0.406. The van der Waals surface area contributed by atoms with Crippen LogP contribution < -0.4 is 4.74 Å². The zero-order valence-electron chi connectivity index (χ0n) is 17.4. The second-order valence-electron chi connectivity index (χ2n) is 8.21. The lowest BCUT2D eigenvalue weighted by Crippen LogP contribution is -2.27. The number of fused-ring (bicyclic) bond motifs is 2. The molecule has 8 heteroatoms. The van der Waals surface area contributed by atoms with Crippen molar-refractivity contribution in [3.63, 3.8) is 0 Å². The Morgan fingerprint density at radius 2 is 1.81 bits per heavy atom. The van der Waals surface area contributed by atoms with Crippen molar-refractivity contribution in [3.8, 4) is 5.75 Å². The molecule has 0 saturated carbocycles. The van der Waals surface area contributed by atoms with Crippen LogP contribution >= 0.6 is 23.2 Å². The van der Waals surface area contributed by atoms with Gasteiger partial charge in [-0.05, 0) is 37.4 Å². The molecule has 164 valence electrons. The molecule has 4 aromatic rings. The molecule has 0 saturated heterocycles. The van der Waals surface area contributed by atoms with Gasteiger partial charge in [-0.2, -0.15) is 0 Å². The Labute approximate surface area is 194 Å². The number of carbonyl (C=O) groups is 2. The number of ether oxygens (including phenoxy) is 1. The Morgan fingerprint density at radius 3 is 2.56 bits per heavy atom. The van der Waals surface area contributed by atoms with Crippen molar-refractivity contribution >= 4 is 56.8 Å². The Morgan fingerprint density at radius 1 is 1.09 bits per heavy atom. The summed E-state index contributed by atoms with van der Waals surface area (Å²) >= 11 is 12.1. The molecule has 2 N–H and O–H groups in total. The minimum Gasteiger partial charge on any atom is -0.484 e. The maximum atomic E-state index is 13.1. The van der Waals surface area contributed by atoms with Gasteiger partial charge in [-0.3, -0.25) is 9.59 Å². The van der Waals surface area contributed by atoms with Crippen LogP contribution in [0, 0.1) is 5.41 Å². The van der Waals surface area contributed by atoms with E-state index >= 15 is 0 Å². The van der Waals surface area contributed by atoms with E-state index in [4.69, 9.17) is 27.9 Å². The van der Waals surface area contributed by atoms with Crippen molar-refractivity contribution in [1.82, 2.24) is 9.97 Å². The summed E-state index contributed by atoms with van der Waals surface area (Å²) in [5.41, 5.74) is 0.503. The Hall–Kier alpha value is -3.09. The van der Waals surface area contributed by atoms with Gasteiger partial charge >= 0.3 is 5.97 Å². The molecule has 0 unspecified atom stereocenters. The number of benzene rings is 3. The molecule has 0 aliphatic rings. The molecule has 0 spiro atoms. The normalized spacial score (nSPS) is 11.8. The molecule has 0 bridgehead atoms. The Kier molecular flexibility index (Phi) is 5.84. The van der Waals surface area contributed by atoms with Crippen molar-refractivity contribution in [1.29, 1.82) is 0 Å². The number of nitrogens with zero attached hydrogens (tertiary/aromatic N) is 1. The van der Waals surface area contributed by atoms with Crippen LogP contribution in [0.4, 0.5) is 0 Å². The van der Waals surface area contributed by atoms with Crippen LogP contribution in [0.3, 0.4) is 0 Å². The summed E-state index contributed by atoms with van der Waals surface area (Å²) in [6.45, 7) is 3.12. The van der Waals surface area contributed by atoms with Crippen LogP contribution in [0.1, 0.15) is 36.5 Å². The summed E-state index contributed by atoms with van der Waals surface area (Å²) in [7, 11) is 0. The number of aliphatic carboxylic acids is 1. The molecule has 6 nitrogen and oxygen atoms in total. The summed E-state index contributed by atoms with van der Waals surface area (Å²) in [6.07, 6.45) is -0.154. The third-order valence-corrected chi connectivity index (χ3v) is 6.01. The van der Waals surface area contributed by atoms with E-state index in [9.17, 15) is 14.7 Å². The van der Waals surface area contributed by atoms with Gasteiger partial charge in [0.05, 0.1) is 32.1 Å². The second-order valence-corrected chi connectivity index (χ2v) is 9.02. The quantitative estimate of drug-likeness (QED) is 0.309. The van der Waals surface area contributed by atoms with Gasteiger partial charge in [0.15, 0.2) is 5.78 Å². The fourth-order valence-corrected chi connectivity index (χ4v) is 3.78. The maximum Gasteiger partial charge on any atom is 0.309 e. The number of aromatic amines is 1. The number of rotatable bonds is 7. The highest BCUT2D eigenvalue weighted by atomic mass is 35.5. The lowest BCUT2D eigenvalue weighted by molar-refractivity contribution is -0.146. The number of Topliss-reactive ketones (excluding diaryl/α,β-unsaturated/α-hetero) is 1. The predicted octanol–water partition coefficient (Wildman–Crippen LogP) is 6.29. The summed E-state index contributed by atoms with van der Waals surface area (Å²) in [6, 6.07) is 14.4. The summed E-state index contributed by atoms with van der Waals surface area (Å²) < 4.78 is 6.09. The molecule has 0 fully saturated rings. The van der Waals surface area contributed by atoms with Gasteiger partial charge in [-0.25, -0.2) is 4.98 Å². The van der Waals surface area contributed by atoms with Crippen LogP contribution in [-0.2, 0) is 11.4 Å². The van der Waals surface area contributed by atoms with Gasteiger partial charge in [0.25, 0.3) is 0 Å². The van der Waals surface area contributed by atoms with Crippen LogP contribution in [0.15, 0.2) is 48.5 Å². The van der Waals surface area contributed by atoms with Crippen LogP contribution in [0.25, 0.3) is 21.8 Å². The molecule has 0 radical (unpaired) electrons. The van der Waals surface area contributed by atoms with Crippen molar-refractivity contribution in [2.24, 2.45) is 5.41 Å². The van der Waals surface area contributed by atoms with E-state index in [0.29, 0.717) is 32.7 Å². The van der Waals surface area contributed by atoms with E-state index in [0.717, 1.165) is 16.3 Å². The minimum atomic E-state index is -1.20. The number of carbonyl (C=O) groups excluding carboxylic acids is 1. The first-order valence-electron chi connectivity index (χ1n) is 9.90. The SMILES string of the molecule is CC(C)(CC(=O)c1ccc2ccccc2c1OCc1nc2cc(Cl)c(Cl)cc2[nH]1)C(=O)O. The molecule has 0 amide bonds. The molecule has 1 aromatic heterocycles. The van der Waals surface area contributed by atoms with Crippen molar-refractivity contribution in [2.75, 3.05) is 0 Å². The third-order valence-electron chi connectivity index (χ3n) is 5.29. The van der Waals surface area contributed by atoms with E-state index < -0.39 is 11.4 Å². The number of aromatic nitrogens is 2. The zero-order chi connectivity index (χ0) is 23.0. The molecule has 32 heavy (non-hydrogen) atoms. The number of imidazole rings is 1. The second kappa shape index (κ2) is 8.45. The van der Waals surface area contributed by atoms with Gasteiger partial charge in [-0.15, -0.1) is 0 Å². The minimum absolute atomic E-state index is 0.0700. The largest absolute Gasteiger partial charge is 0.484 e. The first kappa shape index (κ1) is 22.1. The topological polar surface area (TPSA) is 92.3 Å². The van der Waals surface area contributed by atoms with E-state index in [2.05, 4.69) is 9.97 Å². The van der Waals surface area contributed by atoms with Crippen molar-refractivity contribution in [3.05, 3.63) is 70.0 Å². The molecule has 1 heterocycles. The molecule has 0 aliphatic heterocycles. The predicted molar refractivity (Wildman–Crippen MR) is 125 cm³/mol. The lowest BCUT2D eigenvalue weighted by Gasteiger charge is -2.19. The lowest BCUT2D eigenvalue weighted by atomic mass is 9.85. The maximum absolute atomic E-state index is 13.1. The number of ketones is 1. The fraction of sp³-hybridized carbons (Fsp3) is 0.208. The fourth-order valence-electron chi connectivity index (χ4n) is 3.46. The Bertz CT molecular complexity index is 1320. The molecule has 3 aromatic carbocycles. The first-order valence-corrected chi connectivity index (χ1v) is 10.7. The summed E-state index contributed by atoms with van der Waals surface area (Å²) in [5, 5.41) is 11.9. The highest BCUT2D eigenvalue weighted by Crippen LogP contribution is 2.34. The monoisotopic (exact) mass is 470 g/mol. The smallest absolute Gasteiger partial charge is 0.309 e. The zero-order valence-corrected chi connectivity index (χ0v) is 18.9. The number of H-pyrrole nitrogens is 1. The van der Waals surface area contributed by atoms with Crippen LogP contribution in [0.5, 0.6) is 5.75 Å². The standard InChI is InChI=1S/C24H20Cl2N2O4/c1-24(2,23(30)31)11-20(29)15-8-7-13-5-3-4-6-14(13)22(15)32-12-21-27-18-9-16(25)17(26)10-19(18)28-21/h3-10H,11-12H2,1-2H3,(H,27,28)(H,30,31). The van der Waals surface area contributed by atoms with Gasteiger partial charge < -0.3 is 14.8 Å². The highest BCUT2D eigenvalue weighted by molar-refractivity contribution is 6.42. The number of carboxylic acid groups (broad SMARTS) is 1. The van der Waals surface area contributed by atoms with E-state index in [1.165, 1.54) is 13.8 Å². The molecular formula is C24H20Cl2N2O4. The van der Waals surface area contributed by atoms with Gasteiger partial charge in [-0.1, -0.05) is 53.5 Å². The van der Waals surface area contributed by atoms with Gasteiger partial charge in [0.1, 0.15) is 18.2 Å². The molecule has 0 atom stereocenters. The number of hydrogen-bond donors (Lipinski definition) is 2. The van der Waals surface area contributed by atoms with Crippen LogP contribution in [0.2, 0.25) is 10.0 Å². The first-order chi connectivity index (χ1) is 15.2. The summed E-state index contributed by atoms with van der Waals surface area (Å²) in [4.78, 5) is 32.2. The average molecular weight is 471 g/mol. The number of nitrogens with one attached hydrogen (secondary N) is 1. The number of halogens is 2. The third kappa shape index (κ3) is 4.29. The van der Waals surface area contributed by atoms with Gasteiger partial charge in [0, 0.05) is 11.8 Å². The van der Waals surface area contributed by atoms with E-state index in [-0.39, 0.29) is 18.8 Å². The highest BCUT2D eigenvalue weighted by Gasteiger charge is 2.31. The number of carboxylic acids is 1. The van der Waals surface area contributed by atoms with Crippen LogP contribution in [-0.4, -0.2) is 26.8 Å². The van der Waals surface area contributed by atoms with Crippen molar-refractivity contribution < 1.29 is 19.4 Å². The molecule has 0 aliphatic carbocycles.